The SMILES string of the molecule is COc1ccccc1C(=O)[C@H]1CCC[C@@H]1C(=O)O. The summed E-state index contributed by atoms with van der Waals surface area (Å²) in [5.74, 6) is -1.45. The largest absolute Gasteiger partial charge is 0.496 e. The summed E-state index contributed by atoms with van der Waals surface area (Å²) in [5, 5.41) is 9.12. The fourth-order valence-electron chi connectivity index (χ4n) is 2.62. The second kappa shape index (κ2) is 5.21. The van der Waals surface area contributed by atoms with Gasteiger partial charge in [-0.25, -0.2) is 0 Å². The van der Waals surface area contributed by atoms with Gasteiger partial charge < -0.3 is 9.84 Å². The van der Waals surface area contributed by atoms with Gasteiger partial charge in [0.05, 0.1) is 18.6 Å². The maximum Gasteiger partial charge on any atom is 0.307 e. The summed E-state index contributed by atoms with van der Waals surface area (Å²) in [6.45, 7) is 0. The first kappa shape index (κ1) is 12.6. The number of carboxylic acids is 1. The molecular weight excluding hydrogens is 232 g/mol. The minimum atomic E-state index is -0.874. The molecule has 1 aromatic carbocycles. The van der Waals surface area contributed by atoms with Crippen molar-refractivity contribution in [1.29, 1.82) is 0 Å². The van der Waals surface area contributed by atoms with Crippen molar-refractivity contribution >= 4 is 11.8 Å². The summed E-state index contributed by atoms with van der Waals surface area (Å²) < 4.78 is 5.15. The summed E-state index contributed by atoms with van der Waals surface area (Å²) in [7, 11) is 1.51. The zero-order valence-corrected chi connectivity index (χ0v) is 10.3. The molecule has 4 nitrogen and oxygen atoms in total. The van der Waals surface area contributed by atoms with Gasteiger partial charge in [-0.05, 0) is 25.0 Å². The lowest BCUT2D eigenvalue weighted by Gasteiger charge is -2.16. The molecule has 0 aliphatic heterocycles. The standard InChI is InChI=1S/C14H16O4/c1-18-12-8-3-2-5-11(12)13(15)9-6-4-7-10(9)14(16)17/h2-3,5,8-10H,4,6-7H2,1H3,(H,16,17)/t9-,10-/m0/s1. The fraction of sp³-hybridized carbons (Fsp3) is 0.429. The summed E-state index contributed by atoms with van der Waals surface area (Å²) in [5.41, 5.74) is 0.484. The quantitative estimate of drug-likeness (QED) is 0.831. The van der Waals surface area contributed by atoms with E-state index in [0.29, 0.717) is 24.2 Å². The zero-order chi connectivity index (χ0) is 13.1. The minimum absolute atomic E-state index is 0.114. The number of hydrogen-bond acceptors (Lipinski definition) is 3. The summed E-state index contributed by atoms with van der Waals surface area (Å²) >= 11 is 0. The smallest absolute Gasteiger partial charge is 0.307 e. The third kappa shape index (κ3) is 2.23. The fourth-order valence-corrected chi connectivity index (χ4v) is 2.62. The second-order valence-corrected chi connectivity index (χ2v) is 4.55. The van der Waals surface area contributed by atoms with Crippen molar-refractivity contribution < 1.29 is 19.4 Å². The first-order chi connectivity index (χ1) is 8.65. The Labute approximate surface area is 106 Å². The van der Waals surface area contributed by atoms with Gasteiger partial charge in [-0.15, -0.1) is 0 Å². The lowest BCUT2D eigenvalue weighted by atomic mass is 9.88. The van der Waals surface area contributed by atoms with Crippen molar-refractivity contribution in [2.24, 2.45) is 11.8 Å². The van der Waals surface area contributed by atoms with Crippen molar-refractivity contribution in [2.45, 2.75) is 19.3 Å². The van der Waals surface area contributed by atoms with Gasteiger partial charge in [0.2, 0.25) is 0 Å². The molecule has 0 spiro atoms. The van der Waals surface area contributed by atoms with Crippen molar-refractivity contribution in [3.05, 3.63) is 29.8 Å². The Morgan fingerprint density at radius 1 is 1.22 bits per heavy atom. The number of Topliss-reactive ketones (excluding diaryl/α,β-unsaturated/α-hetero) is 1. The number of para-hydroxylation sites is 1. The van der Waals surface area contributed by atoms with Crippen LogP contribution >= 0.6 is 0 Å². The second-order valence-electron chi connectivity index (χ2n) is 4.55. The van der Waals surface area contributed by atoms with E-state index in [4.69, 9.17) is 9.84 Å². The Morgan fingerprint density at radius 3 is 2.56 bits per heavy atom. The number of carboxylic acid groups (broad SMARTS) is 1. The molecular formula is C14H16O4. The van der Waals surface area contributed by atoms with E-state index in [2.05, 4.69) is 0 Å². The Morgan fingerprint density at radius 2 is 1.89 bits per heavy atom. The molecule has 1 aromatic rings. The molecule has 0 radical (unpaired) electrons. The number of carbonyl (C=O) groups is 2. The van der Waals surface area contributed by atoms with E-state index in [1.165, 1.54) is 7.11 Å². The number of carbonyl (C=O) groups excluding carboxylic acids is 1. The van der Waals surface area contributed by atoms with Crippen LogP contribution in [0.5, 0.6) is 5.75 Å². The Kier molecular flexibility index (Phi) is 3.65. The Bertz CT molecular complexity index is 467. The number of aliphatic carboxylic acids is 1. The van der Waals surface area contributed by atoms with Crippen LogP contribution < -0.4 is 4.74 Å². The van der Waals surface area contributed by atoms with Crippen molar-refractivity contribution in [3.63, 3.8) is 0 Å². The van der Waals surface area contributed by atoms with E-state index in [9.17, 15) is 9.59 Å². The molecule has 1 saturated carbocycles. The van der Waals surface area contributed by atoms with Crippen LogP contribution in [-0.4, -0.2) is 24.0 Å². The molecule has 0 heterocycles. The molecule has 2 rings (SSSR count). The predicted molar refractivity (Wildman–Crippen MR) is 65.8 cm³/mol. The monoisotopic (exact) mass is 248 g/mol. The van der Waals surface area contributed by atoms with E-state index in [1.807, 2.05) is 0 Å². The van der Waals surface area contributed by atoms with E-state index in [-0.39, 0.29) is 5.78 Å². The number of ether oxygens (including phenoxy) is 1. The molecule has 2 atom stereocenters. The van der Waals surface area contributed by atoms with Gasteiger partial charge in [-0.1, -0.05) is 18.6 Å². The van der Waals surface area contributed by atoms with Crippen molar-refractivity contribution in [2.75, 3.05) is 7.11 Å². The third-order valence-corrected chi connectivity index (χ3v) is 3.54. The lowest BCUT2D eigenvalue weighted by molar-refractivity contribution is -0.142. The zero-order valence-electron chi connectivity index (χ0n) is 10.3. The van der Waals surface area contributed by atoms with Crippen LogP contribution in [0.2, 0.25) is 0 Å². The number of benzene rings is 1. The molecule has 0 unspecified atom stereocenters. The van der Waals surface area contributed by atoms with E-state index >= 15 is 0 Å². The third-order valence-electron chi connectivity index (χ3n) is 3.54. The van der Waals surface area contributed by atoms with Crippen LogP contribution in [0.4, 0.5) is 0 Å². The lowest BCUT2D eigenvalue weighted by Crippen LogP contribution is -2.25. The Hall–Kier alpha value is -1.84. The molecule has 96 valence electrons. The molecule has 0 amide bonds. The van der Waals surface area contributed by atoms with Crippen molar-refractivity contribution in [3.8, 4) is 5.75 Å². The van der Waals surface area contributed by atoms with Crippen LogP contribution in [-0.2, 0) is 4.79 Å². The highest BCUT2D eigenvalue weighted by atomic mass is 16.5. The van der Waals surface area contributed by atoms with Crippen molar-refractivity contribution in [1.82, 2.24) is 0 Å². The maximum atomic E-state index is 12.4. The highest BCUT2D eigenvalue weighted by Gasteiger charge is 2.38. The molecule has 1 fully saturated rings. The molecule has 1 aliphatic carbocycles. The molecule has 1 N–H and O–H groups in total. The summed E-state index contributed by atoms with van der Waals surface area (Å²) in [4.78, 5) is 23.5. The molecule has 4 heteroatoms. The normalized spacial score (nSPS) is 22.7. The molecule has 0 saturated heterocycles. The van der Waals surface area contributed by atoms with Gasteiger partial charge in [0.15, 0.2) is 5.78 Å². The number of ketones is 1. The van der Waals surface area contributed by atoms with Gasteiger partial charge in [-0.3, -0.25) is 9.59 Å². The molecule has 1 aliphatic rings. The molecule has 0 aromatic heterocycles. The van der Waals surface area contributed by atoms with Gasteiger partial charge in [0, 0.05) is 5.92 Å². The first-order valence-corrected chi connectivity index (χ1v) is 6.05. The highest BCUT2D eigenvalue weighted by molar-refractivity contribution is 6.02. The van der Waals surface area contributed by atoms with Gasteiger partial charge in [0.1, 0.15) is 5.75 Å². The topological polar surface area (TPSA) is 63.6 Å². The highest BCUT2D eigenvalue weighted by Crippen LogP contribution is 2.36. The van der Waals surface area contributed by atoms with Crippen LogP contribution in [0.15, 0.2) is 24.3 Å². The average Bonchev–Trinajstić information content (AvgIpc) is 2.87. The molecule has 0 bridgehead atoms. The minimum Gasteiger partial charge on any atom is -0.496 e. The average molecular weight is 248 g/mol. The van der Waals surface area contributed by atoms with Crippen LogP contribution in [0.1, 0.15) is 29.6 Å². The van der Waals surface area contributed by atoms with E-state index < -0.39 is 17.8 Å². The predicted octanol–water partition coefficient (Wildman–Crippen LogP) is 2.38. The molecule has 18 heavy (non-hydrogen) atoms. The number of rotatable bonds is 4. The Balaban J connectivity index is 2.28. The van der Waals surface area contributed by atoms with Crippen LogP contribution in [0.25, 0.3) is 0 Å². The number of hydrogen-bond donors (Lipinski definition) is 1. The van der Waals surface area contributed by atoms with Gasteiger partial charge >= 0.3 is 5.97 Å². The van der Waals surface area contributed by atoms with Crippen LogP contribution in [0, 0.1) is 11.8 Å². The first-order valence-electron chi connectivity index (χ1n) is 6.05. The maximum absolute atomic E-state index is 12.4. The van der Waals surface area contributed by atoms with Gasteiger partial charge in [-0.2, -0.15) is 0 Å². The summed E-state index contributed by atoms with van der Waals surface area (Å²) in [6.07, 6.45) is 2.03. The summed E-state index contributed by atoms with van der Waals surface area (Å²) in [6, 6.07) is 6.97. The van der Waals surface area contributed by atoms with Gasteiger partial charge in [0.25, 0.3) is 0 Å². The van der Waals surface area contributed by atoms with E-state index in [0.717, 1.165) is 6.42 Å². The number of methoxy groups -OCH3 is 1. The van der Waals surface area contributed by atoms with Crippen LogP contribution in [0.3, 0.4) is 0 Å². The van der Waals surface area contributed by atoms with E-state index in [1.54, 1.807) is 24.3 Å².